The Hall–Kier alpha value is -2.77. The van der Waals surface area contributed by atoms with Gasteiger partial charge < -0.3 is 20.0 Å². The molecule has 0 atom stereocenters. The van der Waals surface area contributed by atoms with Crippen molar-refractivity contribution in [2.24, 2.45) is 0 Å². The third-order valence-electron chi connectivity index (χ3n) is 8.95. The molecule has 0 spiro atoms. The molecular weight excluding hydrogens is 972 g/mol. The zero-order chi connectivity index (χ0) is 44.1. The Balaban J connectivity index is 0.000000335. The number of likely N-dealkylation sites (tertiary alicyclic amines) is 2. The lowest BCUT2D eigenvalue weighted by Crippen LogP contribution is -2.52. The molecule has 2 N–H and O–H groups in total. The van der Waals surface area contributed by atoms with Gasteiger partial charge in [0.25, 0.3) is 11.1 Å². The van der Waals surface area contributed by atoms with E-state index in [0.717, 1.165) is 0 Å². The van der Waals surface area contributed by atoms with Crippen molar-refractivity contribution in [3.05, 3.63) is 79.8 Å². The number of amides is 2. The predicted octanol–water partition coefficient (Wildman–Crippen LogP) is 4.78. The molecule has 0 aliphatic carbocycles. The van der Waals surface area contributed by atoms with Gasteiger partial charge in [0.15, 0.2) is 0 Å². The molecule has 13 nitrogen and oxygen atoms in total. The number of alkyl halides is 3. The first-order chi connectivity index (χ1) is 27.6. The number of carbonyl (C=O) groups is 3. The lowest BCUT2D eigenvalue weighted by Gasteiger charge is -2.38. The Morgan fingerprint density at radius 2 is 1.10 bits per heavy atom. The molecule has 2 aliphatic heterocycles. The van der Waals surface area contributed by atoms with Crippen molar-refractivity contribution in [2.75, 3.05) is 26.2 Å². The van der Waals surface area contributed by atoms with E-state index in [-0.39, 0.29) is 68.7 Å². The summed E-state index contributed by atoms with van der Waals surface area (Å²) in [5, 5.41) is 22.8. The van der Waals surface area contributed by atoms with Crippen LogP contribution in [-0.2, 0) is 85.4 Å². The van der Waals surface area contributed by atoms with Gasteiger partial charge >= 0.3 is 12.1 Å². The lowest BCUT2D eigenvalue weighted by atomic mass is 9.91. The summed E-state index contributed by atoms with van der Waals surface area (Å²) in [5.41, 5.74) is -2.03. The Bertz CT molecular complexity index is 2450. The number of hydrogen-bond acceptors (Lipinski definition) is 11. The first-order valence-corrected chi connectivity index (χ1v) is 24.9. The lowest BCUT2D eigenvalue weighted by molar-refractivity contribution is -0.189. The van der Waals surface area contributed by atoms with Gasteiger partial charge in [0.2, 0.25) is 11.1 Å². The Kier molecular flexibility index (Phi) is 21.5. The second kappa shape index (κ2) is 24.2. The molecule has 2 aromatic heterocycles. The fraction of sp³-hybridized carbons (Fsp3) is 0.457. The number of piperidine rings is 2. The molecule has 0 bridgehead atoms. The molecule has 60 heavy (non-hydrogen) atoms. The molecule has 6 rings (SSSR count). The first-order valence-electron chi connectivity index (χ1n) is 17.1. The van der Waals surface area contributed by atoms with Crippen LogP contribution in [0.5, 0.6) is 0 Å². The zero-order valence-corrected chi connectivity index (χ0v) is 38.2. The molecule has 4 heterocycles. The first kappa shape index (κ1) is 53.4. The van der Waals surface area contributed by atoms with Crippen molar-refractivity contribution in [1.82, 2.24) is 28.9 Å². The van der Waals surface area contributed by atoms with E-state index >= 15 is 0 Å². The SMILES string of the molecule is C.CC(=O)Cl.CC(=O)N1CCC(O)(Cn2cnc3cc(Cl)ccc3c2=O)CC1.O=C(N1CCC(O)(Cn2cnc3cc(Cl)ccc3c2=O)CC1)C(F)(F)F.S=S=S=S=S=S. The van der Waals surface area contributed by atoms with Crippen LogP contribution in [-0.4, -0.2) is 99.7 Å². The normalized spacial score (nSPS) is 15.3. The topological polar surface area (TPSA) is 168 Å². The molecule has 0 unspecified atom stereocenters. The van der Waals surface area contributed by atoms with Gasteiger partial charge in [-0.05, 0) is 73.7 Å². The molecule has 4 aromatic rings. The van der Waals surface area contributed by atoms with E-state index in [2.05, 4.69) is 43.9 Å². The van der Waals surface area contributed by atoms with Crippen molar-refractivity contribution in [3.63, 3.8) is 0 Å². The molecule has 2 aromatic carbocycles. The van der Waals surface area contributed by atoms with Crippen LogP contribution in [0.4, 0.5) is 13.2 Å². The predicted molar refractivity (Wildman–Crippen MR) is 243 cm³/mol. The van der Waals surface area contributed by atoms with Gasteiger partial charge in [0.1, 0.15) is 0 Å². The van der Waals surface area contributed by atoms with Crippen LogP contribution in [0.15, 0.2) is 58.6 Å². The number of benzene rings is 2. The smallest absolute Gasteiger partial charge is 0.388 e. The maximum absolute atomic E-state index is 12.5. The third-order valence-corrected chi connectivity index (χ3v) is 16.1. The molecule has 0 radical (unpaired) electrons. The van der Waals surface area contributed by atoms with Crippen LogP contribution in [0, 0.1) is 0 Å². The van der Waals surface area contributed by atoms with E-state index in [9.17, 15) is 47.4 Å². The van der Waals surface area contributed by atoms with Crippen LogP contribution >= 0.6 is 34.8 Å². The molecule has 2 amide bonds. The number of fused-ring (bicyclic) bond motifs is 2. The Morgan fingerprint density at radius 3 is 1.42 bits per heavy atom. The van der Waals surface area contributed by atoms with E-state index in [4.69, 9.17) is 23.2 Å². The maximum Gasteiger partial charge on any atom is 0.471 e. The van der Waals surface area contributed by atoms with Gasteiger partial charge in [-0.2, -0.15) is 13.2 Å². The van der Waals surface area contributed by atoms with Crippen molar-refractivity contribution in [3.8, 4) is 0 Å². The molecule has 2 saturated heterocycles. The summed E-state index contributed by atoms with van der Waals surface area (Å²) < 4.78 is 40.1. The summed E-state index contributed by atoms with van der Waals surface area (Å²) in [5.74, 6) is -1.91. The number of carbonyl (C=O) groups excluding carboxylic acids is 3. The van der Waals surface area contributed by atoms with Crippen molar-refractivity contribution in [1.29, 1.82) is 0 Å². The number of halogens is 6. The van der Waals surface area contributed by atoms with E-state index in [1.165, 1.54) is 77.2 Å². The highest BCUT2D eigenvalue weighted by Crippen LogP contribution is 2.28. The fourth-order valence-electron chi connectivity index (χ4n) is 6.00. The number of aromatic nitrogens is 4. The largest absolute Gasteiger partial charge is 0.471 e. The maximum atomic E-state index is 12.5. The minimum atomic E-state index is -4.93. The second-order valence-corrected chi connectivity index (χ2v) is 21.6. The summed E-state index contributed by atoms with van der Waals surface area (Å²) in [6.07, 6.45) is -1.48. The average molecular weight is 1010 g/mol. The van der Waals surface area contributed by atoms with Gasteiger partial charge in [-0.1, -0.05) is 30.6 Å². The van der Waals surface area contributed by atoms with E-state index < -0.39 is 23.3 Å². The van der Waals surface area contributed by atoms with E-state index in [0.29, 0.717) is 62.7 Å². The highest BCUT2D eigenvalue weighted by Gasteiger charge is 2.45. The Morgan fingerprint density at radius 1 is 0.750 bits per heavy atom. The number of rotatable bonds is 4. The minimum Gasteiger partial charge on any atom is -0.388 e. The fourth-order valence-corrected chi connectivity index (χ4v) is 11.8. The van der Waals surface area contributed by atoms with Crippen LogP contribution in [0.2, 0.25) is 10.0 Å². The van der Waals surface area contributed by atoms with Crippen molar-refractivity contribution < 1.29 is 37.8 Å². The van der Waals surface area contributed by atoms with Gasteiger partial charge in [-0.15, -0.1) is 0 Å². The van der Waals surface area contributed by atoms with Crippen LogP contribution in [0.25, 0.3) is 21.8 Å². The molecule has 330 valence electrons. The quantitative estimate of drug-likeness (QED) is 0.270. The summed E-state index contributed by atoms with van der Waals surface area (Å²) in [6, 6.07) is 9.55. The standard InChI is InChI=1S/C16H15ClF3N3O3.C16H18ClN3O3.C2H3ClO.CH4.S6/c17-10-1-2-11-12(7-10)21-9-23(13(11)24)8-15(26)3-5-22(6-4-15)14(25)16(18,19)20;1-11(21)19-6-4-16(23,5-7-19)9-20-10-18-14-8-12(17)2-3-13(14)15(20)22;1-2(3)4;;1-3-5-6-4-2/h1-2,7,9,26H,3-6,8H2;2-3,8,10,23H,4-7,9H2,1H3;1H3;1H4;. The number of nitrogens with zero attached hydrogens (tertiary/aromatic N) is 6. The molecule has 2 aliphatic rings. The van der Waals surface area contributed by atoms with Crippen LogP contribution in [0.3, 0.4) is 0 Å². The van der Waals surface area contributed by atoms with Crippen molar-refractivity contribution in [2.45, 2.75) is 77.4 Å². The highest BCUT2D eigenvalue weighted by molar-refractivity contribution is 8.64. The molecule has 25 heteroatoms. The van der Waals surface area contributed by atoms with Gasteiger partial charge in [-0.25, -0.2) is 9.97 Å². The van der Waals surface area contributed by atoms with Gasteiger partial charge in [-0.3, -0.25) is 33.1 Å². The summed E-state index contributed by atoms with van der Waals surface area (Å²) in [6.45, 7) is 3.39. The Labute approximate surface area is 378 Å². The number of aliphatic hydroxyl groups is 2. The molecule has 0 saturated carbocycles. The summed E-state index contributed by atoms with van der Waals surface area (Å²) >= 11 is 25.4. The van der Waals surface area contributed by atoms with Crippen molar-refractivity contribution >= 4 is 132 Å². The second-order valence-electron chi connectivity index (χ2n) is 13.2. The number of hydrogen-bond donors (Lipinski definition) is 2. The molecule has 2 fully saturated rings. The van der Waals surface area contributed by atoms with Gasteiger partial charge in [0.05, 0.1) is 58.8 Å². The molecular formula is C35H40Cl3F3N6O7S6. The summed E-state index contributed by atoms with van der Waals surface area (Å²) in [4.78, 5) is 67.6. The van der Waals surface area contributed by atoms with Crippen LogP contribution in [0.1, 0.15) is 47.0 Å². The minimum absolute atomic E-state index is 0. The van der Waals surface area contributed by atoms with Gasteiger partial charge in [0, 0.05) is 108 Å². The zero-order valence-electron chi connectivity index (χ0n) is 31.0. The monoisotopic (exact) mass is 1010 g/mol. The van der Waals surface area contributed by atoms with E-state index in [1.807, 2.05) is 0 Å². The highest BCUT2D eigenvalue weighted by atomic mass is 35.5. The average Bonchev–Trinajstić information content (AvgIpc) is 3.16. The summed E-state index contributed by atoms with van der Waals surface area (Å²) in [7, 11) is 5.63. The van der Waals surface area contributed by atoms with Crippen LogP contribution < -0.4 is 11.1 Å². The third kappa shape index (κ3) is 16.2. The van der Waals surface area contributed by atoms with E-state index in [1.54, 1.807) is 35.2 Å².